The second-order valence-electron chi connectivity index (χ2n) is 2.91. The molecule has 0 aliphatic carbocycles. The Morgan fingerprint density at radius 3 is 2.85 bits per heavy atom. The van der Waals surface area contributed by atoms with Crippen LogP contribution in [0, 0.1) is 11.8 Å². The number of halogens is 1. The summed E-state index contributed by atoms with van der Waals surface area (Å²) >= 11 is 3.61. The van der Waals surface area contributed by atoms with Crippen LogP contribution in [0.25, 0.3) is 0 Å². The molecule has 0 saturated heterocycles. The van der Waals surface area contributed by atoms with Gasteiger partial charge in [0, 0.05) is 4.88 Å². The fourth-order valence-electron chi connectivity index (χ4n) is 0.881. The van der Waals surface area contributed by atoms with Crippen LogP contribution in [-0.4, -0.2) is 6.61 Å². The van der Waals surface area contributed by atoms with Crippen molar-refractivity contribution in [1.82, 2.24) is 0 Å². The van der Waals surface area contributed by atoms with E-state index in [9.17, 15) is 0 Å². The van der Waals surface area contributed by atoms with Crippen molar-refractivity contribution >= 4 is 34.3 Å². The van der Waals surface area contributed by atoms with E-state index in [2.05, 4.69) is 37.8 Å². The van der Waals surface area contributed by atoms with Gasteiger partial charge < -0.3 is 3.07 Å². The van der Waals surface area contributed by atoms with Gasteiger partial charge in [0.25, 0.3) is 0 Å². The summed E-state index contributed by atoms with van der Waals surface area (Å²) in [5, 5.41) is 0. The molecule has 0 radical (unpaired) electrons. The van der Waals surface area contributed by atoms with E-state index in [1.54, 1.807) is 11.3 Å². The molecule has 0 N–H and O–H groups in total. The van der Waals surface area contributed by atoms with Crippen LogP contribution in [0.15, 0.2) is 12.1 Å². The molecule has 0 amide bonds. The maximum atomic E-state index is 4.82. The highest BCUT2D eigenvalue weighted by atomic mass is 127. The molecule has 0 spiro atoms. The summed E-state index contributed by atoms with van der Waals surface area (Å²) in [5.74, 6) is 6.59. The molecule has 0 saturated carbocycles. The molecule has 70 valence electrons. The van der Waals surface area contributed by atoms with Crippen LogP contribution in [0.2, 0.25) is 0 Å². The first kappa shape index (κ1) is 11.0. The zero-order valence-electron chi connectivity index (χ0n) is 7.63. The van der Waals surface area contributed by atoms with Crippen LogP contribution in [0.1, 0.15) is 29.5 Å². The van der Waals surface area contributed by atoms with Gasteiger partial charge >= 0.3 is 0 Å². The Balaban J connectivity index is 2.65. The summed E-state index contributed by atoms with van der Waals surface area (Å²) in [5.41, 5.74) is 0. The van der Waals surface area contributed by atoms with Crippen molar-refractivity contribution in [3.63, 3.8) is 0 Å². The average molecular weight is 306 g/mol. The largest absolute Gasteiger partial charge is 0.303 e. The molecule has 0 unspecified atom stereocenters. The molecule has 1 aromatic heterocycles. The molecule has 1 rings (SSSR count). The third-order valence-electron chi connectivity index (χ3n) is 1.53. The smallest absolute Gasteiger partial charge is 0.120 e. The van der Waals surface area contributed by atoms with E-state index in [1.807, 2.05) is 23.0 Å². The standard InChI is InChI=1S/C10H11IOS/c1-8(2)10-6-5-9(13-10)4-3-7-12-11/h5-6,8H,7H2,1-2H3. The first-order valence-electron chi connectivity index (χ1n) is 4.06. The fraction of sp³-hybridized carbons (Fsp3) is 0.400. The van der Waals surface area contributed by atoms with E-state index < -0.39 is 0 Å². The van der Waals surface area contributed by atoms with Crippen LogP contribution in [0.3, 0.4) is 0 Å². The van der Waals surface area contributed by atoms with Gasteiger partial charge in [0.1, 0.15) is 29.6 Å². The maximum Gasteiger partial charge on any atom is 0.120 e. The Labute approximate surface area is 97.2 Å². The van der Waals surface area contributed by atoms with E-state index in [0.29, 0.717) is 12.5 Å². The van der Waals surface area contributed by atoms with Gasteiger partial charge in [-0.05, 0) is 18.1 Å². The predicted octanol–water partition coefficient (Wildman–Crippen LogP) is 3.59. The summed E-state index contributed by atoms with van der Waals surface area (Å²) in [6.07, 6.45) is 0. The molecule has 0 aromatic carbocycles. The van der Waals surface area contributed by atoms with Gasteiger partial charge in [-0.3, -0.25) is 0 Å². The van der Waals surface area contributed by atoms with Crippen LogP contribution >= 0.6 is 34.3 Å². The van der Waals surface area contributed by atoms with E-state index in [1.165, 1.54) is 4.88 Å². The Morgan fingerprint density at radius 2 is 2.31 bits per heavy atom. The highest BCUT2D eigenvalue weighted by Gasteiger charge is 2.01. The van der Waals surface area contributed by atoms with Crippen molar-refractivity contribution in [3.05, 3.63) is 21.9 Å². The molecule has 0 fully saturated rings. The Kier molecular flexibility index (Phi) is 4.78. The minimum absolute atomic E-state index is 0.496. The molecule has 0 aliphatic rings. The number of hydrogen-bond acceptors (Lipinski definition) is 2. The third kappa shape index (κ3) is 3.67. The van der Waals surface area contributed by atoms with Crippen LogP contribution in [0.4, 0.5) is 0 Å². The average Bonchev–Trinajstić information content (AvgIpc) is 2.53. The molecule has 1 heterocycles. The number of thiophene rings is 1. The molecule has 1 aromatic rings. The molecular weight excluding hydrogens is 295 g/mol. The van der Waals surface area contributed by atoms with Crippen molar-refractivity contribution in [2.45, 2.75) is 19.8 Å². The molecular formula is C10H11IOS. The van der Waals surface area contributed by atoms with Gasteiger partial charge in [0.2, 0.25) is 0 Å². The summed E-state index contributed by atoms with van der Waals surface area (Å²) in [6, 6.07) is 4.21. The van der Waals surface area contributed by atoms with Crippen molar-refractivity contribution in [2.75, 3.05) is 6.61 Å². The van der Waals surface area contributed by atoms with E-state index >= 15 is 0 Å². The van der Waals surface area contributed by atoms with E-state index in [-0.39, 0.29) is 0 Å². The fourth-order valence-corrected chi connectivity index (χ4v) is 1.92. The van der Waals surface area contributed by atoms with Gasteiger partial charge in [0.15, 0.2) is 0 Å². The zero-order chi connectivity index (χ0) is 9.68. The lowest BCUT2D eigenvalue weighted by atomic mass is 10.2. The summed E-state index contributed by atoms with van der Waals surface area (Å²) in [6.45, 7) is 4.88. The summed E-state index contributed by atoms with van der Waals surface area (Å²) < 4.78 is 4.82. The van der Waals surface area contributed by atoms with Crippen LogP contribution < -0.4 is 0 Å². The Hall–Kier alpha value is -0.0500. The lowest BCUT2D eigenvalue weighted by Crippen LogP contribution is -1.77. The molecule has 1 nitrogen and oxygen atoms in total. The minimum atomic E-state index is 0.496. The maximum absolute atomic E-state index is 4.82. The third-order valence-corrected chi connectivity index (χ3v) is 3.15. The molecule has 0 bridgehead atoms. The number of rotatable bonds is 2. The van der Waals surface area contributed by atoms with E-state index in [4.69, 9.17) is 3.07 Å². The van der Waals surface area contributed by atoms with Gasteiger partial charge in [-0.2, -0.15) is 0 Å². The SMILES string of the molecule is CC(C)c1ccc(C#CCOI)s1. The van der Waals surface area contributed by atoms with Gasteiger partial charge in [-0.25, -0.2) is 0 Å². The lowest BCUT2D eigenvalue weighted by molar-refractivity contribution is 0.498. The lowest BCUT2D eigenvalue weighted by Gasteiger charge is -1.96. The second-order valence-corrected chi connectivity index (χ2v) is 4.65. The van der Waals surface area contributed by atoms with Crippen molar-refractivity contribution in [1.29, 1.82) is 0 Å². The zero-order valence-corrected chi connectivity index (χ0v) is 10.6. The second kappa shape index (κ2) is 5.63. The first-order valence-corrected chi connectivity index (χ1v) is 5.76. The molecule has 0 aliphatic heterocycles. The summed E-state index contributed by atoms with van der Waals surface area (Å²) in [7, 11) is 0. The predicted molar refractivity (Wildman–Crippen MR) is 65.3 cm³/mol. The quantitative estimate of drug-likeness (QED) is 0.599. The normalized spacial score (nSPS) is 9.85. The first-order chi connectivity index (χ1) is 6.24. The van der Waals surface area contributed by atoms with Crippen LogP contribution in [-0.2, 0) is 3.07 Å². The molecule has 0 atom stereocenters. The highest BCUT2D eigenvalue weighted by molar-refractivity contribution is 14.1. The monoisotopic (exact) mass is 306 g/mol. The minimum Gasteiger partial charge on any atom is -0.303 e. The van der Waals surface area contributed by atoms with Crippen molar-refractivity contribution in [3.8, 4) is 11.8 Å². The summed E-state index contributed by atoms with van der Waals surface area (Å²) in [4.78, 5) is 2.51. The molecule has 13 heavy (non-hydrogen) atoms. The van der Waals surface area contributed by atoms with Crippen molar-refractivity contribution in [2.24, 2.45) is 0 Å². The van der Waals surface area contributed by atoms with Crippen molar-refractivity contribution < 1.29 is 3.07 Å². The highest BCUT2D eigenvalue weighted by Crippen LogP contribution is 2.23. The van der Waals surface area contributed by atoms with E-state index in [0.717, 1.165) is 4.88 Å². The van der Waals surface area contributed by atoms with Crippen LogP contribution in [0.5, 0.6) is 0 Å². The van der Waals surface area contributed by atoms with Gasteiger partial charge in [-0.15, -0.1) is 11.3 Å². The topological polar surface area (TPSA) is 9.23 Å². The van der Waals surface area contributed by atoms with Gasteiger partial charge in [0.05, 0.1) is 4.88 Å². The number of hydrogen-bond donors (Lipinski definition) is 0. The Morgan fingerprint density at radius 1 is 1.54 bits per heavy atom. The van der Waals surface area contributed by atoms with Gasteiger partial charge in [-0.1, -0.05) is 25.7 Å². The molecule has 3 heteroatoms. The Bertz CT molecular complexity index is 319.